The van der Waals surface area contributed by atoms with Crippen molar-refractivity contribution in [1.29, 1.82) is 0 Å². The van der Waals surface area contributed by atoms with Gasteiger partial charge in [-0.1, -0.05) is 102 Å². The van der Waals surface area contributed by atoms with E-state index in [0.29, 0.717) is 0 Å². The Hall–Kier alpha value is -2.42. The lowest BCUT2D eigenvalue weighted by Crippen LogP contribution is -1.90. The lowest BCUT2D eigenvalue weighted by Gasteiger charge is -2.16. The highest BCUT2D eigenvalue weighted by atomic mass is 33.1. The van der Waals surface area contributed by atoms with Gasteiger partial charge in [0.05, 0.1) is 0 Å². The Kier molecular flexibility index (Phi) is 5.14. The Bertz CT molecular complexity index is 934. The SMILES string of the molecule is SSc1c(-c2ccccc2)cc(-c2ccccc2)cc1-c1ccccc1. The molecule has 0 saturated carbocycles. The van der Waals surface area contributed by atoms with Crippen LogP contribution < -0.4 is 0 Å². The molecule has 26 heavy (non-hydrogen) atoms. The second kappa shape index (κ2) is 7.86. The van der Waals surface area contributed by atoms with Crippen molar-refractivity contribution in [3.8, 4) is 33.4 Å². The maximum Gasteiger partial charge on any atom is 0.0337 e. The van der Waals surface area contributed by atoms with E-state index < -0.39 is 0 Å². The van der Waals surface area contributed by atoms with Crippen LogP contribution in [0, 0.1) is 0 Å². The zero-order valence-electron chi connectivity index (χ0n) is 14.2. The quantitative estimate of drug-likeness (QED) is 0.285. The van der Waals surface area contributed by atoms with Crippen LogP contribution in [0.15, 0.2) is 108 Å². The zero-order valence-corrected chi connectivity index (χ0v) is 15.9. The molecule has 4 rings (SSSR count). The first-order valence-electron chi connectivity index (χ1n) is 8.52. The molecule has 0 aliphatic carbocycles. The van der Waals surface area contributed by atoms with E-state index in [0.717, 1.165) is 0 Å². The van der Waals surface area contributed by atoms with Crippen molar-refractivity contribution in [3.63, 3.8) is 0 Å². The van der Waals surface area contributed by atoms with Crippen LogP contribution in [0.1, 0.15) is 0 Å². The van der Waals surface area contributed by atoms with Gasteiger partial charge >= 0.3 is 0 Å². The molecule has 0 amide bonds. The molecule has 0 aliphatic heterocycles. The maximum absolute atomic E-state index is 4.59. The Morgan fingerprint density at radius 1 is 0.462 bits per heavy atom. The summed E-state index contributed by atoms with van der Waals surface area (Å²) in [5, 5.41) is 0. The lowest BCUT2D eigenvalue weighted by atomic mass is 9.93. The van der Waals surface area contributed by atoms with E-state index in [4.69, 9.17) is 0 Å². The van der Waals surface area contributed by atoms with Gasteiger partial charge in [-0.15, -0.1) is 11.7 Å². The smallest absolute Gasteiger partial charge is 0.0337 e. The average molecular weight is 371 g/mol. The topological polar surface area (TPSA) is 0 Å². The van der Waals surface area contributed by atoms with Gasteiger partial charge in [0.2, 0.25) is 0 Å². The largest absolute Gasteiger partial charge is 0.106 e. The van der Waals surface area contributed by atoms with E-state index in [9.17, 15) is 0 Å². The minimum atomic E-state index is 1.19. The van der Waals surface area contributed by atoms with Crippen LogP contribution in [0.3, 0.4) is 0 Å². The predicted octanol–water partition coefficient (Wildman–Crippen LogP) is 7.62. The second-order valence-corrected chi connectivity index (χ2v) is 7.23. The molecule has 2 heteroatoms. The van der Waals surface area contributed by atoms with Gasteiger partial charge in [0.15, 0.2) is 0 Å². The fourth-order valence-electron chi connectivity index (χ4n) is 3.19. The first kappa shape index (κ1) is 17.0. The third-order valence-electron chi connectivity index (χ3n) is 4.46. The number of benzene rings is 4. The second-order valence-electron chi connectivity index (χ2n) is 6.09. The van der Waals surface area contributed by atoms with Crippen LogP contribution >= 0.6 is 22.5 Å². The van der Waals surface area contributed by atoms with Crippen molar-refractivity contribution in [1.82, 2.24) is 0 Å². The molecule has 0 saturated heterocycles. The Morgan fingerprint density at radius 2 is 0.846 bits per heavy atom. The number of rotatable bonds is 4. The highest BCUT2D eigenvalue weighted by Crippen LogP contribution is 2.43. The molecule has 4 aromatic carbocycles. The summed E-state index contributed by atoms with van der Waals surface area (Å²) in [5.74, 6) is 0. The van der Waals surface area contributed by atoms with Gasteiger partial charge < -0.3 is 0 Å². The summed E-state index contributed by atoms with van der Waals surface area (Å²) in [6, 6.07) is 36.2. The summed E-state index contributed by atoms with van der Waals surface area (Å²) in [6.45, 7) is 0. The molecule has 0 atom stereocenters. The molecule has 0 nitrogen and oxygen atoms in total. The van der Waals surface area contributed by atoms with Crippen molar-refractivity contribution < 1.29 is 0 Å². The third kappa shape index (κ3) is 3.44. The van der Waals surface area contributed by atoms with Crippen molar-refractivity contribution in [2.24, 2.45) is 0 Å². The van der Waals surface area contributed by atoms with E-state index in [1.807, 2.05) is 0 Å². The summed E-state index contributed by atoms with van der Waals surface area (Å²) in [7, 11) is 1.51. The van der Waals surface area contributed by atoms with E-state index in [1.54, 1.807) is 0 Å². The summed E-state index contributed by atoms with van der Waals surface area (Å²) in [5.41, 5.74) is 7.28. The van der Waals surface area contributed by atoms with Gasteiger partial charge in [0, 0.05) is 4.90 Å². The summed E-state index contributed by atoms with van der Waals surface area (Å²) >= 11 is 4.59. The van der Waals surface area contributed by atoms with Gasteiger partial charge in [-0.3, -0.25) is 0 Å². The Balaban J connectivity index is 2.01. The highest BCUT2D eigenvalue weighted by Gasteiger charge is 2.14. The van der Waals surface area contributed by atoms with Gasteiger partial charge in [-0.2, -0.15) is 0 Å². The van der Waals surface area contributed by atoms with E-state index >= 15 is 0 Å². The molecule has 0 aromatic heterocycles. The molecule has 4 aromatic rings. The number of hydrogen-bond acceptors (Lipinski definition) is 2. The zero-order chi connectivity index (χ0) is 17.8. The minimum Gasteiger partial charge on any atom is -0.106 e. The van der Waals surface area contributed by atoms with E-state index in [1.165, 1.54) is 49.1 Å². The van der Waals surface area contributed by atoms with Crippen LogP contribution in [0.25, 0.3) is 33.4 Å². The van der Waals surface area contributed by atoms with Crippen molar-refractivity contribution in [3.05, 3.63) is 103 Å². The first-order valence-corrected chi connectivity index (χ1v) is 10.4. The van der Waals surface area contributed by atoms with Gasteiger partial charge in [0.1, 0.15) is 0 Å². The number of hydrogen-bond donors (Lipinski definition) is 1. The summed E-state index contributed by atoms with van der Waals surface area (Å²) in [6.07, 6.45) is 0. The normalized spacial score (nSPS) is 10.7. The standard InChI is InChI=1S/C24H18S2/c25-26-24-22(19-12-6-2-7-13-19)16-21(18-10-4-1-5-11-18)17-23(24)20-14-8-3-9-15-20/h1-17,25H. The fourth-order valence-corrected chi connectivity index (χ4v) is 4.33. The van der Waals surface area contributed by atoms with Crippen LogP contribution in [0.5, 0.6) is 0 Å². The van der Waals surface area contributed by atoms with Crippen LogP contribution in [-0.4, -0.2) is 0 Å². The van der Waals surface area contributed by atoms with Gasteiger partial charge in [-0.25, -0.2) is 0 Å². The van der Waals surface area contributed by atoms with Gasteiger partial charge in [0.25, 0.3) is 0 Å². The molecule has 126 valence electrons. The molecule has 0 aliphatic rings. The fraction of sp³-hybridized carbons (Fsp3) is 0. The Labute approximate surface area is 163 Å². The monoisotopic (exact) mass is 370 g/mol. The molecule has 0 fully saturated rings. The lowest BCUT2D eigenvalue weighted by molar-refractivity contribution is 1.43. The highest BCUT2D eigenvalue weighted by molar-refractivity contribution is 8.68. The van der Waals surface area contributed by atoms with Crippen LogP contribution in [0.4, 0.5) is 0 Å². The van der Waals surface area contributed by atoms with E-state index in [-0.39, 0.29) is 0 Å². The van der Waals surface area contributed by atoms with Crippen LogP contribution in [-0.2, 0) is 0 Å². The molecule has 0 N–H and O–H groups in total. The molecule has 0 heterocycles. The van der Waals surface area contributed by atoms with E-state index in [2.05, 4.69) is 115 Å². The van der Waals surface area contributed by atoms with Crippen molar-refractivity contribution >= 4 is 22.5 Å². The molecule has 0 bridgehead atoms. The summed E-state index contributed by atoms with van der Waals surface area (Å²) in [4.78, 5) is 1.19. The van der Waals surface area contributed by atoms with Crippen molar-refractivity contribution in [2.45, 2.75) is 4.90 Å². The first-order chi connectivity index (χ1) is 12.9. The predicted molar refractivity (Wildman–Crippen MR) is 118 cm³/mol. The molecular formula is C24H18S2. The molecular weight excluding hydrogens is 352 g/mol. The van der Waals surface area contributed by atoms with Crippen LogP contribution in [0.2, 0.25) is 0 Å². The minimum absolute atomic E-state index is 1.19. The van der Waals surface area contributed by atoms with Crippen molar-refractivity contribution in [2.75, 3.05) is 0 Å². The maximum atomic E-state index is 4.59. The average Bonchev–Trinajstić information content (AvgIpc) is 2.74. The third-order valence-corrected chi connectivity index (χ3v) is 5.63. The molecule has 0 spiro atoms. The number of thiol groups is 1. The Morgan fingerprint density at radius 3 is 1.23 bits per heavy atom. The molecule has 0 radical (unpaired) electrons. The van der Waals surface area contributed by atoms with Gasteiger partial charge in [-0.05, 0) is 45.5 Å². The summed E-state index contributed by atoms with van der Waals surface area (Å²) < 4.78 is 0. The molecule has 0 unspecified atom stereocenters.